The number of carbonyl (C=O) groups is 2. The number of carbonyl (C=O) groups excluding carboxylic acids is 2. The number of nitrogens with one attached hydrogen (secondary N) is 2. The number of ether oxygens (including phenoxy) is 1. The molecule has 0 unspecified atom stereocenters. The molecular formula is C20H32N4O3. The standard InChI is InChI=1S/C20H32N4O3/c1-16(2)22-20(26)15-24-10-8-23(9-11-24)14-19(25)21-7-12-27-18-6-4-5-17(3)13-18/h4-6,13,16H,7-12,14-15H2,1-3H3,(H,21,25)(H,22,26). The Labute approximate surface area is 162 Å². The van der Waals surface area contributed by atoms with Crippen molar-refractivity contribution in [3.05, 3.63) is 29.8 Å². The minimum Gasteiger partial charge on any atom is -0.492 e. The van der Waals surface area contributed by atoms with Crippen LogP contribution in [0.25, 0.3) is 0 Å². The molecule has 2 N–H and O–H groups in total. The SMILES string of the molecule is Cc1cccc(OCCNC(=O)CN2CCN(CC(=O)NC(C)C)CC2)c1. The average molecular weight is 377 g/mol. The molecule has 1 fully saturated rings. The van der Waals surface area contributed by atoms with Crippen LogP contribution in [0.2, 0.25) is 0 Å². The molecule has 0 aliphatic carbocycles. The first-order valence-electron chi connectivity index (χ1n) is 9.62. The van der Waals surface area contributed by atoms with Gasteiger partial charge in [-0.15, -0.1) is 0 Å². The molecular weight excluding hydrogens is 344 g/mol. The van der Waals surface area contributed by atoms with Gasteiger partial charge in [0.05, 0.1) is 19.6 Å². The van der Waals surface area contributed by atoms with E-state index in [4.69, 9.17) is 4.74 Å². The molecule has 1 saturated heterocycles. The Morgan fingerprint density at radius 3 is 2.30 bits per heavy atom. The Bertz CT molecular complexity index is 613. The highest BCUT2D eigenvalue weighted by Crippen LogP contribution is 2.11. The second-order valence-electron chi connectivity index (χ2n) is 7.29. The number of aryl methyl sites for hydroxylation is 1. The molecule has 1 aromatic rings. The summed E-state index contributed by atoms with van der Waals surface area (Å²) in [6.07, 6.45) is 0. The van der Waals surface area contributed by atoms with Crippen molar-refractivity contribution in [2.24, 2.45) is 0 Å². The molecule has 27 heavy (non-hydrogen) atoms. The summed E-state index contributed by atoms with van der Waals surface area (Å²) in [5.74, 6) is 0.889. The molecule has 0 atom stereocenters. The minimum absolute atomic E-state index is 0.00819. The van der Waals surface area contributed by atoms with Crippen molar-refractivity contribution in [2.45, 2.75) is 26.8 Å². The summed E-state index contributed by atoms with van der Waals surface area (Å²) in [5, 5.41) is 5.80. The van der Waals surface area contributed by atoms with Gasteiger partial charge in [-0.3, -0.25) is 19.4 Å². The van der Waals surface area contributed by atoms with Crippen LogP contribution in [0, 0.1) is 6.92 Å². The molecule has 150 valence electrons. The van der Waals surface area contributed by atoms with Gasteiger partial charge >= 0.3 is 0 Å². The molecule has 1 aliphatic heterocycles. The molecule has 7 nitrogen and oxygen atoms in total. The van der Waals surface area contributed by atoms with Gasteiger partial charge in [0.15, 0.2) is 0 Å². The first-order chi connectivity index (χ1) is 12.9. The quantitative estimate of drug-likeness (QED) is 0.619. The lowest BCUT2D eigenvalue weighted by molar-refractivity contribution is -0.125. The topological polar surface area (TPSA) is 73.9 Å². The van der Waals surface area contributed by atoms with Crippen LogP contribution in [0.5, 0.6) is 5.75 Å². The van der Waals surface area contributed by atoms with Gasteiger partial charge in [0.2, 0.25) is 11.8 Å². The van der Waals surface area contributed by atoms with E-state index >= 15 is 0 Å². The van der Waals surface area contributed by atoms with E-state index in [9.17, 15) is 9.59 Å². The minimum atomic E-state index is 0.00819. The van der Waals surface area contributed by atoms with E-state index < -0.39 is 0 Å². The third kappa shape index (κ3) is 8.41. The van der Waals surface area contributed by atoms with Crippen LogP contribution < -0.4 is 15.4 Å². The second-order valence-corrected chi connectivity index (χ2v) is 7.29. The number of piperazine rings is 1. The Kier molecular flexibility index (Phi) is 8.54. The van der Waals surface area contributed by atoms with Gasteiger partial charge < -0.3 is 15.4 Å². The van der Waals surface area contributed by atoms with Crippen LogP contribution in [0.1, 0.15) is 19.4 Å². The van der Waals surface area contributed by atoms with E-state index in [1.807, 2.05) is 45.0 Å². The first kappa shape index (κ1) is 21.2. The fourth-order valence-electron chi connectivity index (χ4n) is 3.00. The van der Waals surface area contributed by atoms with E-state index in [1.54, 1.807) is 0 Å². The van der Waals surface area contributed by atoms with Crippen molar-refractivity contribution >= 4 is 11.8 Å². The normalized spacial score (nSPS) is 15.6. The smallest absolute Gasteiger partial charge is 0.234 e. The van der Waals surface area contributed by atoms with Crippen LogP contribution in [-0.4, -0.2) is 80.1 Å². The maximum absolute atomic E-state index is 12.1. The van der Waals surface area contributed by atoms with Gasteiger partial charge in [0, 0.05) is 32.2 Å². The molecule has 1 aliphatic rings. The van der Waals surface area contributed by atoms with Crippen molar-refractivity contribution in [2.75, 3.05) is 52.4 Å². The Morgan fingerprint density at radius 2 is 1.70 bits per heavy atom. The van der Waals surface area contributed by atoms with Crippen molar-refractivity contribution in [1.29, 1.82) is 0 Å². The largest absolute Gasteiger partial charge is 0.492 e. The van der Waals surface area contributed by atoms with E-state index in [1.165, 1.54) is 0 Å². The fourth-order valence-corrected chi connectivity index (χ4v) is 3.00. The molecule has 1 aromatic carbocycles. The van der Waals surface area contributed by atoms with Crippen LogP contribution in [0.3, 0.4) is 0 Å². The lowest BCUT2D eigenvalue weighted by Gasteiger charge is -2.33. The zero-order valence-corrected chi connectivity index (χ0v) is 16.7. The van der Waals surface area contributed by atoms with Crippen molar-refractivity contribution in [3.8, 4) is 5.75 Å². The fraction of sp³-hybridized carbons (Fsp3) is 0.600. The molecule has 2 amide bonds. The lowest BCUT2D eigenvalue weighted by Crippen LogP contribution is -2.52. The summed E-state index contributed by atoms with van der Waals surface area (Å²) < 4.78 is 5.63. The van der Waals surface area contributed by atoms with E-state index in [-0.39, 0.29) is 17.9 Å². The summed E-state index contributed by atoms with van der Waals surface area (Å²) in [6, 6.07) is 8.02. The second kappa shape index (κ2) is 10.9. The number of hydrogen-bond acceptors (Lipinski definition) is 5. The maximum atomic E-state index is 12.1. The van der Waals surface area contributed by atoms with Gasteiger partial charge in [-0.25, -0.2) is 0 Å². The van der Waals surface area contributed by atoms with Gasteiger partial charge in [0.25, 0.3) is 0 Å². The molecule has 2 rings (SSSR count). The van der Waals surface area contributed by atoms with Gasteiger partial charge in [-0.2, -0.15) is 0 Å². The van der Waals surface area contributed by atoms with Crippen LogP contribution in [0.4, 0.5) is 0 Å². The van der Waals surface area contributed by atoms with Crippen LogP contribution in [-0.2, 0) is 9.59 Å². The van der Waals surface area contributed by atoms with E-state index in [2.05, 4.69) is 20.4 Å². The van der Waals surface area contributed by atoms with E-state index in [0.717, 1.165) is 37.5 Å². The number of rotatable bonds is 9. The number of amides is 2. The van der Waals surface area contributed by atoms with E-state index in [0.29, 0.717) is 26.2 Å². The molecule has 7 heteroatoms. The van der Waals surface area contributed by atoms with Gasteiger partial charge in [-0.1, -0.05) is 12.1 Å². The Morgan fingerprint density at radius 1 is 1.07 bits per heavy atom. The highest BCUT2D eigenvalue weighted by Gasteiger charge is 2.20. The Balaban J connectivity index is 1.57. The summed E-state index contributed by atoms with van der Waals surface area (Å²) in [7, 11) is 0. The van der Waals surface area contributed by atoms with Crippen LogP contribution in [0.15, 0.2) is 24.3 Å². The molecule has 0 bridgehead atoms. The third-order valence-corrected chi connectivity index (χ3v) is 4.33. The number of hydrogen-bond donors (Lipinski definition) is 2. The predicted octanol–water partition coefficient (Wildman–Crippen LogP) is 0.632. The summed E-state index contributed by atoms with van der Waals surface area (Å²) in [5.41, 5.74) is 1.15. The highest BCUT2D eigenvalue weighted by molar-refractivity contribution is 5.78. The van der Waals surface area contributed by atoms with Crippen molar-refractivity contribution in [1.82, 2.24) is 20.4 Å². The maximum Gasteiger partial charge on any atom is 0.234 e. The highest BCUT2D eigenvalue weighted by atomic mass is 16.5. The summed E-state index contributed by atoms with van der Waals surface area (Å²) >= 11 is 0. The third-order valence-electron chi connectivity index (χ3n) is 4.33. The number of benzene rings is 1. The van der Waals surface area contributed by atoms with Crippen LogP contribution >= 0.6 is 0 Å². The molecule has 0 spiro atoms. The monoisotopic (exact) mass is 376 g/mol. The van der Waals surface area contributed by atoms with Gasteiger partial charge in [-0.05, 0) is 38.5 Å². The van der Waals surface area contributed by atoms with Gasteiger partial charge in [0.1, 0.15) is 12.4 Å². The molecule has 0 radical (unpaired) electrons. The Hall–Kier alpha value is -2.12. The zero-order valence-electron chi connectivity index (χ0n) is 16.7. The molecule has 0 aromatic heterocycles. The predicted molar refractivity (Wildman–Crippen MR) is 106 cm³/mol. The lowest BCUT2D eigenvalue weighted by atomic mass is 10.2. The molecule has 1 heterocycles. The average Bonchev–Trinajstić information content (AvgIpc) is 2.60. The van der Waals surface area contributed by atoms with Crippen molar-refractivity contribution < 1.29 is 14.3 Å². The summed E-state index contributed by atoms with van der Waals surface area (Å²) in [4.78, 5) is 28.1. The molecule has 0 saturated carbocycles. The number of nitrogens with zero attached hydrogens (tertiary/aromatic N) is 2. The summed E-state index contributed by atoms with van der Waals surface area (Å²) in [6.45, 7) is 10.9. The zero-order chi connectivity index (χ0) is 19.6. The van der Waals surface area contributed by atoms with Crippen molar-refractivity contribution in [3.63, 3.8) is 0 Å². The first-order valence-corrected chi connectivity index (χ1v) is 9.62.